The zero-order chi connectivity index (χ0) is 14.9. The highest BCUT2D eigenvalue weighted by Crippen LogP contribution is 2.36. The first-order chi connectivity index (χ1) is 9.28. The van der Waals surface area contributed by atoms with Crippen LogP contribution in [0.4, 0.5) is 0 Å². The molecule has 1 aliphatic rings. The summed E-state index contributed by atoms with van der Waals surface area (Å²) in [5.41, 5.74) is 1.19. The lowest BCUT2D eigenvalue weighted by atomic mass is 9.91. The third-order valence-electron chi connectivity index (χ3n) is 3.68. The molecule has 1 aromatic rings. The molecule has 0 aliphatic heterocycles. The zero-order valence-corrected chi connectivity index (χ0v) is 13.6. The number of hydrogen-bond acceptors (Lipinski definition) is 1. The molecule has 1 atom stereocenters. The van der Waals surface area contributed by atoms with E-state index in [1.807, 2.05) is 24.3 Å². The average molecular weight is 294 g/mol. The Morgan fingerprint density at radius 2 is 1.85 bits per heavy atom. The molecule has 3 heteroatoms. The second-order valence-electron chi connectivity index (χ2n) is 7.00. The van der Waals surface area contributed by atoms with Crippen molar-refractivity contribution in [2.45, 2.75) is 59.0 Å². The van der Waals surface area contributed by atoms with Gasteiger partial charge in [0.25, 0.3) is 0 Å². The molecule has 0 heterocycles. The van der Waals surface area contributed by atoms with Gasteiger partial charge < -0.3 is 4.90 Å². The molecule has 0 spiro atoms. The predicted octanol–water partition coefficient (Wildman–Crippen LogP) is 4.83. The normalized spacial score (nSPS) is 16.9. The number of halogens is 1. The number of amides is 1. The molecule has 0 N–H and O–H groups in total. The van der Waals surface area contributed by atoms with Crippen molar-refractivity contribution in [3.05, 3.63) is 34.9 Å². The van der Waals surface area contributed by atoms with Gasteiger partial charge >= 0.3 is 0 Å². The van der Waals surface area contributed by atoms with Crippen LogP contribution >= 0.6 is 11.6 Å². The maximum absolute atomic E-state index is 12.6. The molecule has 1 aliphatic carbocycles. The van der Waals surface area contributed by atoms with Crippen LogP contribution in [0.2, 0.25) is 5.02 Å². The van der Waals surface area contributed by atoms with Crippen molar-refractivity contribution in [1.29, 1.82) is 0 Å². The first-order valence-corrected chi connectivity index (χ1v) is 7.72. The van der Waals surface area contributed by atoms with E-state index in [1.54, 1.807) is 0 Å². The summed E-state index contributed by atoms with van der Waals surface area (Å²) in [5.74, 6) is 0.266. The third-order valence-corrected chi connectivity index (χ3v) is 3.93. The van der Waals surface area contributed by atoms with Crippen molar-refractivity contribution >= 4 is 17.5 Å². The minimum Gasteiger partial charge on any atom is -0.333 e. The second kappa shape index (κ2) is 5.77. The van der Waals surface area contributed by atoms with E-state index in [4.69, 9.17) is 11.6 Å². The van der Waals surface area contributed by atoms with Crippen molar-refractivity contribution in [3.8, 4) is 0 Å². The van der Waals surface area contributed by atoms with E-state index in [0.717, 1.165) is 23.4 Å². The van der Waals surface area contributed by atoms with Crippen molar-refractivity contribution < 1.29 is 4.79 Å². The van der Waals surface area contributed by atoms with Gasteiger partial charge in [0, 0.05) is 17.5 Å². The highest BCUT2D eigenvalue weighted by molar-refractivity contribution is 6.30. The molecule has 1 fully saturated rings. The van der Waals surface area contributed by atoms with E-state index >= 15 is 0 Å². The Labute approximate surface area is 127 Å². The summed E-state index contributed by atoms with van der Waals surface area (Å²) in [7, 11) is 0. The van der Waals surface area contributed by atoms with Crippen LogP contribution in [0.3, 0.4) is 0 Å². The molecule has 0 aromatic heterocycles. The molecule has 0 bridgehead atoms. The number of hydrogen-bond donors (Lipinski definition) is 0. The maximum atomic E-state index is 12.6. The molecule has 1 aromatic carbocycles. The second-order valence-corrected chi connectivity index (χ2v) is 7.43. The fourth-order valence-corrected chi connectivity index (χ4v) is 2.66. The van der Waals surface area contributed by atoms with Crippen LogP contribution in [0.1, 0.15) is 58.6 Å². The number of carbonyl (C=O) groups is 1. The van der Waals surface area contributed by atoms with Gasteiger partial charge in [0.1, 0.15) is 0 Å². The third kappa shape index (κ3) is 3.99. The molecular weight excluding hydrogens is 270 g/mol. The highest BCUT2D eigenvalue weighted by atomic mass is 35.5. The van der Waals surface area contributed by atoms with Crippen LogP contribution in [0.5, 0.6) is 0 Å². The van der Waals surface area contributed by atoms with Gasteiger partial charge in [-0.1, -0.05) is 44.5 Å². The first-order valence-electron chi connectivity index (χ1n) is 7.34. The summed E-state index contributed by atoms with van der Waals surface area (Å²) >= 11 is 5.94. The summed E-state index contributed by atoms with van der Waals surface area (Å²) in [6.45, 7) is 8.46. The van der Waals surface area contributed by atoms with Crippen LogP contribution < -0.4 is 0 Å². The molecule has 0 saturated heterocycles. The van der Waals surface area contributed by atoms with Crippen LogP contribution in [-0.4, -0.2) is 16.8 Å². The van der Waals surface area contributed by atoms with Gasteiger partial charge in [-0.15, -0.1) is 0 Å². The Hall–Kier alpha value is -1.02. The van der Waals surface area contributed by atoms with Crippen molar-refractivity contribution in [3.63, 3.8) is 0 Å². The Balaban J connectivity index is 2.16. The lowest BCUT2D eigenvalue weighted by Crippen LogP contribution is -2.37. The molecular formula is C17H24ClNO. The number of rotatable bonds is 4. The lowest BCUT2D eigenvalue weighted by molar-refractivity contribution is -0.136. The van der Waals surface area contributed by atoms with Crippen LogP contribution in [0.25, 0.3) is 0 Å². The molecule has 1 saturated carbocycles. The molecule has 110 valence electrons. The summed E-state index contributed by atoms with van der Waals surface area (Å²) in [6, 6.07) is 8.38. The molecule has 2 rings (SSSR count). The van der Waals surface area contributed by atoms with Gasteiger partial charge in [0.05, 0.1) is 6.04 Å². The maximum Gasteiger partial charge on any atom is 0.223 e. The minimum atomic E-state index is 0.0317. The Kier molecular flexibility index (Phi) is 4.43. The topological polar surface area (TPSA) is 20.3 Å². The van der Waals surface area contributed by atoms with E-state index in [9.17, 15) is 4.79 Å². The van der Waals surface area contributed by atoms with Crippen LogP contribution in [0, 0.1) is 5.41 Å². The Morgan fingerprint density at radius 1 is 1.30 bits per heavy atom. The molecule has 0 radical (unpaired) electrons. The molecule has 1 amide bonds. The number of nitrogens with zero attached hydrogens (tertiary/aromatic N) is 1. The fraction of sp³-hybridized carbons (Fsp3) is 0.588. The van der Waals surface area contributed by atoms with Gasteiger partial charge in [-0.25, -0.2) is 0 Å². The summed E-state index contributed by atoms with van der Waals surface area (Å²) in [5, 5.41) is 0.736. The van der Waals surface area contributed by atoms with Crippen molar-refractivity contribution in [1.82, 2.24) is 4.90 Å². The Morgan fingerprint density at radius 3 is 2.30 bits per heavy atom. The quantitative estimate of drug-likeness (QED) is 0.779. The zero-order valence-electron chi connectivity index (χ0n) is 12.8. The summed E-state index contributed by atoms with van der Waals surface area (Å²) in [6.07, 6.45) is 2.86. The minimum absolute atomic E-state index is 0.0317. The molecule has 2 nitrogen and oxygen atoms in total. The van der Waals surface area contributed by atoms with E-state index < -0.39 is 0 Å². The van der Waals surface area contributed by atoms with Gasteiger partial charge in [-0.2, -0.15) is 0 Å². The number of carbonyl (C=O) groups excluding carboxylic acids is 1. The van der Waals surface area contributed by atoms with E-state index in [0.29, 0.717) is 12.5 Å². The standard InChI is InChI=1S/C17H24ClNO/c1-12(13-5-7-14(18)8-6-13)19(15-9-10-15)16(20)11-17(2,3)4/h5-8,12,15H,9-11H2,1-4H3. The summed E-state index contributed by atoms with van der Waals surface area (Å²) < 4.78 is 0. The Bertz CT molecular complexity index is 471. The fourth-order valence-electron chi connectivity index (χ4n) is 2.54. The highest BCUT2D eigenvalue weighted by Gasteiger charge is 2.37. The summed E-state index contributed by atoms with van der Waals surface area (Å²) in [4.78, 5) is 14.7. The SMILES string of the molecule is CC(c1ccc(Cl)cc1)N(C(=O)CC(C)(C)C)C1CC1. The van der Waals surface area contributed by atoms with Gasteiger partial charge in [0.2, 0.25) is 5.91 Å². The van der Waals surface area contributed by atoms with Crippen LogP contribution in [0.15, 0.2) is 24.3 Å². The smallest absolute Gasteiger partial charge is 0.223 e. The lowest BCUT2D eigenvalue weighted by Gasteiger charge is -2.32. The number of benzene rings is 1. The molecule has 20 heavy (non-hydrogen) atoms. The predicted molar refractivity (Wildman–Crippen MR) is 83.8 cm³/mol. The first kappa shape index (κ1) is 15.4. The monoisotopic (exact) mass is 293 g/mol. The van der Waals surface area contributed by atoms with Crippen LogP contribution in [-0.2, 0) is 4.79 Å². The van der Waals surface area contributed by atoms with Gasteiger partial charge in [0.15, 0.2) is 0 Å². The average Bonchev–Trinajstić information content (AvgIpc) is 3.12. The van der Waals surface area contributed by atoms with Crippen molar-refractivity contribution in [2.75, 3.05) is 0 Å². The van der Waals surface area contributed by atoms with E-state index in [1.165, 1.54) is 0 Å². The largest absolute Gasteiger partial charge is 0.333 e. The van der Waals surface area contributed by atoms with Crippen molar-refractivity contribution in [2.24, 2.45) is 5.41 Å². The van der Waals surface area contributed by atoms with E-state index in [-0.39, 0.29) is 17.4 Å². The van der Waals surface area contributed by atoms with Gasteiger partial charge in [-0.3, -0.25) is 4.79 Å². The van der Waals surface area contributed by atoms with E-state index in [2.05, 4.69) is 32.6 Å². The molecule has 1 unspecified atom stereocenters. The van der Waals surface area contributed by atoms with Gasteiger partial charge in [-0.05, 0) is 42.9 Å².